The maximum Gasteiger partial charge on any atom is 0.258 e. The van der Waals surface area contributed by atoms with E-state index in [1.807, 2.05) is 30.0 Å². The monoisotopic (exact) mass is 490 g/mol. The average molecular weight is 491 g/mol. The van der Waals surface area contributed by atoms with Gasteiger partial charge in [-0.3, -0.25) is 19.9 Å². The molecule has 0 spiro atoms. The molecule has 0 radical (unpaired) electrons. The molecule has 190 valence electrons. The number of nitrogens with zero attached hydrogens (tertiary/aromatic N) is 4. The molecule has 1 aromatic carbocycles. The molecule has 5 rings (SSSR count). The Labute approximate surface area is 211 Å². The molecule has 9 nitrogen and oxygen atoms in total. The number of aryl methyl sites for hydroxylation is 1. The lowest BCUT2D eigenvalue weighted by molar-refractivity contribution is -0.130. The Morgan fingerprint density at radius 2 is 1.97 bits per heavy atom. The molecule has 2 fully saturated rings. The molecular formula is C27H34N6O3. The van der Waals surface area contributed by atoms with Gasteiger partial charge in [-0.2, -0.15) is 0 Å². The van der Waals surface area contributed by atoms with Crippen LogP contribution in [0.25, 0.3) is 11.0 Å². The first kappa shape index (κ1) is 24.2. The summed E-state index contributed by atoms with van der Waals surface area (Å²) < 4.78 is 8.69. The number of hydrogen-bond acceptors (Lipinski definition) is 6. The van der Waals surface area contributed by atoms with Crippen LogP contribution in [0.5, 0.6) is 5.75 Å². The standard InChI is InChI=1S/C27H34N6O3/c1-18-16-20(9-13-29-18)26(35)31-27-30-23-7-5-8-24(36-22-10-14-32(15-11-22)19(2)34)25(23)33(27)21-6-3-4-12-28-17-21/h5,7-9,13,16,21-22,28H,3-4,6,10-12,14-15,17H2,1-2H3,(H,30,31,35). The van der Waals surface area contributed by atoms with Crippen molar-refractivity contribution in [2.24, 2.45) is 0 Å². The molecule has 2 aromatic heterocycles. The minimum atomic E-state index is -0.210. The van der Waals surface area contributed by atoms with Gasteiger partial charge in [0.15, 0.2) is 0 Å². The number of benzene rings is 1. The van der Waals surface area contributed by atoms with Crippen molar-refractivity contribution in [3.8, 4) is 5.75 Å². The van der Waals surface area contributed by atoms with Gasteiger partial charge < -0.3 is 19.5 Å². The molecule has 0 aliphatic carbocycles. The minimum Gasteiger partial charge on any atom is -0.488 e. The maximum atomic E-state index is 13.2. The van der Waals surface area contributed by atoms with Gasteiger partial charge in [0.05, 0.1) is 5.52 Å². The van der Waals surface area contributed by atoms with Crippen molar-refractivity contribution in [1.82, 2.24) is 24.8 Å². The second kappa shape index (κ2) is 10.7. The van der Waals surface area contributed by atoms with Gasteiger partial charge >= 0.3 is 0 Å². The van der Waals surface area contributed by atoms with Crippen LogP contribution in [0.2, 0.25) is 0 Å². The van der Waals surface area contributed by atoms with E-state index in [0.29, 0.717) is 24.6 Å². The van der Waals surface area contributed by atoms with E-state index in [2.05, 4.69) is 20.2 Å². The summed E-state index contributed by atoms with van der Waals surface area (Å²) >= 11 is 0. The normalized spacial score (nSPS) is 19.2. The predicted octanol–water partition coefficient (Wildman–Crippen LogP) is 3.70. The van der Waals surface area contributed by atoms with Crippen LogP contribution in [0.15, 0.2) is 36.5 Å². The fraction of sp³-hybridized carbons (Fsp3) is 0.481. The highest BCUT2D eigenvalue weighted by molar-refractivity contribution is 6.04. The lowest BCUT2D eigenvalue weighted by Gasteiger charge is -2.31. The van der Waals surface area contributed by atoms with Gasteiger partial charge in [-0.05, 0) is 50.6 Å². The number of imidazole rings is 1. The molecule has 3 aromatic rings. The zero-order valence-corrected chi connectivity index (χ0v) is 21.0. The second-order valence-corrected chi connectivity index (χ2v) is 9.75. The number of carbonyl (C=O) groups excluding carboxylic acids is 2. The number of likely N-dealkylation sites (tertiary alicyclic amines) is 1. The first-order valence-corrected chi connectivity index (χ1v) is 12.9. The summed E-state index contributed by atoms with van der Waals surface area (Å²) in [5.74, 6) is 1.20. The molecule has 2 aliphatic heterocycles. The fourth-order valence-corrected chi connectivity index (χ4v) is 5.21. The number of para-hydroxylation sites is 1. The summed E-state index contributed by atoms with van der Waals surface area (Å²) in [5, 5.41) is 6.61. The van der Waals surface area contributed by atoms with Gasteiger partial charge in [-0.1, -0.05) is 12.5 Å². The third-order valence-corrected chi connectivity index (χ3v) is 7.12. The van der Waals surface area contributed by atoms with E-state index in [4.69, 9.17) is 9.72 Å². The Kier molecular flexibility index (Phi) is 7.18. The molecule has 4 heterocycles. The Hall–Kier alpha value is -3.46. The highest BCUT2D eigenvalue weighted by atomic mass is 16.5. The Morgan fingerprint density at radius 1 is 1.14 bits per heavy atom. The number of piperidine rings is 1. The highest BCUT2D eigenvalue weighted by Crippen LogP contribution is 2.35. The molecule has 2 amide bonds. The SMILES string of the molecule is CC(=O)N1CCC(Oc2cccc3nc(NC(=O)c4ccnc(C)c4)n(C4CCCCNC4)c23)CC1. The maximum absolute atomic E-state index is 13.2. The topological polar surface area (TPSA) is 101 Å². The molecule has 0 bridgehead atoms. The van der Waals surface area contributed by atoms with Gasteiger partial charge in [0, 0.05) is 62.9 Å². The highest BCUT2D eigenvalue weighted by Gasteiger charge is 2.27. The molecule has 0 saturated carbocycles. The zero-order valence-electron chi connectivity index (χ0n) is 21.0. The van der Waals surface area contributed by atoms with Crippen LogP contribution in [0.4, 0.5) is 5.95 Å². The van der Waals surface area contributed by atoms with E-state index in [1.165, 1.54) is 0 Å². The first-order valence-electron chi connectivity index (χ1n) is 12.9. The summed E-state index contributed by atoms with van der Waals surface area (Å²) in [5.41, 5.74) is 3.03. The number of fused-ring (bicyclic) bond motifs is 1. The van der Waals surface area contributed by atoms with Gasteiger partial charge in [-0.25, -0.2) is 4.98 Å². The molecular weight excluding hydrogens is 456 g/mol. The number of aromatic nitrogens is 3. The van der Waals surface area contributed by atoms with Crippen LogP contribution in [0.1, 0.15) is 61.1 Å². The predicted molar refractivity (Wildman–Crippen MR) is 138 cm³/mol. The summed E-state index contributed by atoms with van der Waals surface area (Å²) in [6, 6.07) is 9.52. The average Bonchev–Trinajstić information content (AvgIpc) is 3.03. The first-order chi connectivity index (χ1) is 17.5. The van der Waals surface area contributed by atoms with Gasteiger partial charge in [-0.15, -0.1) is 0 Å². The van der Waals surface area contributed by atoms with Crippen LogP contribution in [-0.4, -0.2) is 63.5 Å². The van der Waals surface area contributed by atoms with Gasteiger partial charge in [0.25, 0.3) is 5.91 Å². The van der Waals surface area contributed by atoms with Crippen LogP contribution < -0.4 is 15.4 Å². The largest absolute Gasteiger partial charge is 0.488 e. The van der Waals surface area contributed by atoms with Crippen molar-refractivity contribution in [3.05, 3.63) is 47.8 Å². The zero-order chi connectivity index (χ0) is 25.1. The number of hydrogen-bond donors (Lipinski definition) is 2. The van der Waals surface area contributed by atoms with Gasteiger partial charge in [0.1, 0.15) is 17.4 Å². The third kappa shape index (κ3) is 5.21. The second-order valence-electron chi connectivity index (χ2n) is 9.75. The smallest absolute Gasteiger partial charge is 0.258 e. The Bertz CT molecular complexity index is 1240. The van der Waals surface area contributed by atoms with E-state index in [0.717, 1.165) is 67.7 Å². The number of amides is 2. The number of pyridine rings is 1. The van der Waals surface area contributed by atoms with Crippen molar-refractivity contribution in [1.29, 1.82) is 0 Å². The lowest BCUT2D eigenvalue weighted by Crippen LogP contribution is -2.40. The summed E-state index contributed by atoms with van der Waals surface area (Å²) in [4.78, 5) is 35.8. The molecule has 36 heavy (non-hydrogen) atoms. The number of anilines is 1. The number of ether oxygens (including phenoxy) is 1. The molecule has 1 unspecified atom stereocenters. The fourth-order valence-electron chi connectivity index (χ4n) is 5.21. The van der Waals surface area contributed by atoms with E-state index >= 15 is 0 Å². The van der Waals surface area contributed by atoms with Crippen molar-refractivity contribution in [2.45, 2.75) is 58.1 Å². The Morgan fingerprint density at radius 3 is 2.75 bits per heavy atom. The van der Waals surface area contributed by atoms with E-state index in [-0.39, 0.29) is 24.0 Å². The molecule has 2 N–H and O–H groups in total. The van der Waals surface area contributed by atoms with Crippen LogP contribution >= 0.6 is 0 Å². The number of rotatable bonds is 5. The van der Waals surface area contributed by atoms with Crippen LogP contribution in [0.3, 0.4) is 0 Å². The van der Waals surface area contributed by atoms with Crippen molar-refractivity contribution in [3.63, 3.8) is 0 Å². The molecule has 2 aliphatic rings. The minimum absolute atomic E-state index is 0.0274. The van der Waals surface area contributed by atoms with Crippen molar-refractivity contribution < 1.29 is 14.3 Å². The van der Waals surface area contributed by atoms with Crippen molar-refractivity contribution >= 4 is 28.8 Å². The van der Waals surface area contributed by atoms with Crippen LogP contribution in [0, 0.1) is 6.92 Å². The molecule has 2 saturated heterocycles. The van der Waals surface area contributed by atoms with Crippen LogP contribution in [-0.2, 0) is 4.79 Å². The number of nitrogens with one attached hydrogen (secondary N) is 2. The third-order valence-electron chi connectivity index (χ3n) is 7.12. The summed E-state index contributed by atoms with van der Waals surface area (Å²) in [6.07, 6.45) is 6.46. The van der Waals surface area contributed by atoms with E-state index in [9.17, 15) is 9.59 Å². The summed E-state index contributed by atoms with van der Waals surface area (Å²) in [6.45, 7) is 6.67. The molecule has 1 atom stereocenters. The van der Waals surface area contributed by atoms with E-state index in [1.54, 1.807) is 25.3 Å². The van der Waals surface area contributed by atoms with E-state index < -0.39 is 0 Å². The quantitative estimate of drug-likeness (QED) is 0.566. The summed E-state index contributed by atoms with van der Waals surface area (Å²) in [7, 11) is 0. The van der Waals surface area contributed by atoms with Crippen molar-refractivity contribution in [2.75, 3.05) is 31.5 Å². The van der Waals surface area contributed by atoms with Gasteiger partial charge in [0.2, 0.25) is 11.9 Å². The Balaban J connectivity index is 1.49. The lowest BCUT2D eigenvalue weighted by atomic mass is 10.1. The number of carbonyl (C=O) groups is 2. The molecule has 9 heteroatoms.